The molecule has 0 radical (unpaired) electrons. The molecule has 4 rings (SSSR count). The SMILES string of the molecule is Cc1cccc(-c2nnc(SCC(=O)N3CCN(c4ccccc4)CC3)o2)c1. The maximum absolute atomic E-state index is 12.5. The lowest BCUT2D eigenvalue weighted by molar-refractivity contribution is -0.128. The van der Waals surface area contributed by atoms with E-state index in [0.29, 0.717) is 16.9 Å². The summed E-state index contributed by atoms with van der Waals surface area (Å²) in [4.78, 5) is 16.7. The van der Waals surface area contributed by atoms with Crippen molar-refractivity contribution in [1.82, 2.24) is 15.1 Å². The lowest BCUT2D eigenvalue weighted by Gasteiger charge is -2.36. The molecule has 3 aromatic rings. The van der Waals surface area contributed by atoms with Gasteiger partial charge < -0.3 is 14.2 Å². The van der Waals surface area contributed by atoms with Crippen LogP contribution in [0.2, 0.25) is 0 Å². The number of carbonyl (C=O) groups is 1. The third-order valence-corrected chi connectivity index (χ3v) is 5.55. The van der Waals surface area contributed by atoms with Crippen molar-refractivity contribution in [1.29, 1.82) is 0 Å². The first-order valence-corrected chi connectivity index (χ1v) is 10.3. The molecule has 1 amide bonds. The van der Waals surface area contributed by atoms with Crippen LogP contribution in [-0.4, -0.2) is 52.9 Å². The minimum absolute atomic E-state index is 0.105. The summed E-state index contributed by atoms with van der Waals surface area (Å²) in [6.45, 7) is 5.17. The second-order valence-electron chi connectivity index (χ2n) is 6.73. The van der Waals surface area contributed by atoms with Gasteiger partial charge in [-0.25, -0.2) is 0 Å². The molecule has 0 atom stereocenters. The highest BCUT2D eigenvalue weighted by Crippen LogP contribution is 2.24. The molecule has 28 heavy (non-hydrogen) atoms. The van der Waals surface area contributed by atoms with Crippen LogP contribution >= 0.6 is 11.8 Å². The molecule has 7 heteroatoms. The number of anilines is 1. The fraction of sp³-hybridized carbons (Fsp3) is 0.286. The number of para-hydroxylation sites is 1. The Bertz CT molecular complexity index is 936. The fourth-order valence-electron chi connectivity index (χ4n) is 3.23. The average Bonchev–Trinajstić information content (AvgIpc) is 3.22. The van der Waals surface area contributed by atoms with Crippen molar-refractivity contribution in [2.24, 2.45) is 0 Å². The zero-order chi connectivity index (χ0) is 19.3. The van der Waals surface area contributed by atoms with Crippen LogP contribution < -0.4 is 4.90 Å². The van der Waals surface area contributed by atoms with Crippen molar-refractivity contribution in [3.63, 3.8) is 0 Å². The van der Waals surface area contributed by atoms with Crippen LogP contribution in [-0.2, 0) is 4.79 Å². The summed E-state index contributed by atoms with van der Waals surface area (Å²) in [7, 11) is 0. The number of hydrogen-bond donors (Lipinski definition) is 0. The van der Waals surface area contributed by atoms with E-state index in [0.717, 1.165) is 37.3 Å². The lowest BCUT2D eigenvalue weighted by atomic mass is 10.1. The Morgan fingerprint density at radius 2 is 1.82 bits per heavy atom. The molecular formula is C21H22N4O2S. The van der Waals surface area contributed by atoms with Crippen molar-refractivity contribution in [3.8, 4) is 11.5 Å². The van der Waals surface area contributed by atoms with Crippen LogP contribution in [0.4, 0.5) is 5.69 Å². The monoisotopic (exact) mass is 394 g/mol. The van der Waals surface area contributed by atoms with Crippen LogP contribution in [0.25, 0.3) is 11.5 Å². The third kappa shape index (κ3) is 4.36. The number of nitrogens with zero attached hydrogens (tertiary/aromatic N) is 4. The molecule has 144 valence electrons. The first-order chi connectivity index (χ1) is 13.7. The van der Waals surface area contributed by atoms with E-state index >= 15 is 0 Å². The first kappa shape index (κ1) is 18.6. The number of thioether (sulfide) groups is 1. The van der Waals surface area contributed by atoms with Crippen LogP contribution in [0, 0.1) is 6.92 Å². The summed E-state index contributed by atoms with van der Waals surface area (Å²) in [5.41, 5.74) is 3.23. The van der Waals surface area contributed by atoms with E-state index in [-0.39, 0.29) is 5.91 Å². The Hall–Kier alpha value is -2.80. The molecule has 0 spiro atoms. The number of piperazine rings is 1. The third-order valence-electron chi connectivity index (χ3n) is 4.74. The van der Waals surface area contributed by atoms with Gasteiger partial charge in [0.05, 0.1) is 5.75 Å². The summed E-state index contributed by atoms with van der Waals surface area (Å²) in [5.74, 6) is 0.893. The normalized spacial score (nSPS) is 14.3. The molecule has 1 fully saturated rings. The smallest absolute Gasteiger partial charge is 0.277 e. The molecule has 1 aromatic heterocycles. The van der Waals surface area contributed by atoms with Gasteiger partial charge in [0.25, 0.3) is 5.22 Å². The van der Waals surface area contributed by atoms with Gasteiger partial charge in [0, 0.05) is 37.4 Å². The molecule has 1 saturated heterocycles. The van der Waals surface area contributed by atoms with E-state index in [1.807, 2.05) is 54.3 Å². The molecule has 1 aliphatic heterocycles. The second kappa shape index (κ2) is 8.48. The molecule has 0 aliphatic carbocycles. The van der Waals surface area contributed by atoms with Crippen molar-refractivity contribution in [2.45, 2.75) is 12.1 Å². The molecule has 1 aliphatic rings. The number of hydrogen-bond acceptors (Lipinski definition) is 6. The van der Waals surface area contributed by atoms with Crippen LogP contribution in [0.5, 0.6) is 0 Å². The highest BCUT2D eigenvalue weighted by molar-refractivity contribution is 7.99. The Kier molecular flexibility index (Phi) is 5.62. The molecule has 0 bridgehead atoms. The van der Waals surface area contributed by atoms with Crippen LogP contribution in [0.1, 0.15) is 5.56 Å². The zero-order valence-corrected chi connectivity index (χ0v) is 16.6. The van der Waals surface area contributed by atoms with Crippen molar-refractivity contribution in [3.05, 3.63) is 60.2 Å². The van der Waals surface area contributed by atoms with Gasteiger partial charge in [-0.3, -0.25) is 4.79 Å². The van der Waals surface area contributed by atoms with E-state index in [1.165, 1.54) is 17.4 Å². The minimum atomic E-state index is 0.105. The molecule has 0 N–H and O–H groups in total. The number of aromatic nitrogens is 2. The fourth-order valence-corrected chi connectivity index (χ4v) is 3.90. The molecule has 0 saturated carbocycles. The quantitative estimate of drug-likeness (QED) is 0.618. The molecular weight excluding hydrogens is 372 g/mol. The summed E-state index contributed by atoms with van der Waals surface area (Å²) in [6.07, 6.45) is 0. The molecule has 6 nitrogen and oxygen atoms in total. The summed E-state index contributed by atoms with van der Waals surface area (Å²) in [6, 6.07) is 18.2. The largest absolute Gasteiger partial charge is 0.411 e. The Labute approximate surface area is 168 Å². The van der Waals surface area contributed by atoms with Crippen LogP contribution in [0.15, 0.2) is 64.2 Å². The van der Waals surface area contributed by atoms with Gasteiger partial charge >= 0.3 is 0 Å². The zero-order valence-electron chi connectivity index (χ0n) is 15.7. The first-order valence-electron chi connectivity index (χ1n) is 9.30. The summed E-state index contributed by atoms with van der Waals surface area (Å²) in [5, 5.41) is 8.57. The van der Waals surface area contributed by atoms with Gasteiger partial charge in [0.2, 0.25) is 11.8 Å². The number of aryl methyl sites for hydroxylation is 1. The number of rotatable bonds is 5. The highest BCUT2D eigenvalue weighted by Gasteiger charge is 2.22. The van der Waals surface area contributed by atoms with Gasteiger partial charge in [0.15, 0.2) is 0 Å². The second-order valence-corrected chi connectivity index (χ2v) is 7.66. The maximum atomic E-state index is 12.5. The Balaban J connectivity index is 1.28. The number of benzene rings is 2. The Morgan fingerprint density at radius 1 is 1.04 bits per heavy atom. The highest BCUT2D eigenvalue weighted by atomic mass is 32.2. The van der Waals surface area contributed by atoms with Crippen molar-refractivity contribution >= 4 is 23.4 Å². The van der Waals surface area contributed by atoms with Gasteiger partial charge in [-0.1, -0.05) is 47.7 Å². The summed E-state index contributed by atoms with van der Waals surface area (Å²) < 4.78 is 5.70. The number of carbonyl (C=O) groups excluding carboxylic acids is 1. The van der Waals surface area contributed by atoms with E-state index in [2.05, 4.69) is 27.2 Å². The van der Waals surface area contributed by atoms with Gasteiger partial charge in [0.1, 0.15) is 0 Å². The van der Waals surface area contributed by atoms with E-state index in [9.17, 15) is 4.79 Å². The minimum Gasteiger partial charge on any atom is -0.411 e. The van der Waals surface area contributed by atoms with Crippen molar-refractivity contribution in [2.75, 3.05) is 36.8 Å². The topological polar surface area (TPSA) is 62.5 Å². The Morgan fingerprint density at radius 3 is 2.57 bits per heavy atom. The summed E-state index contributed by atoms with van der Waals surface area (Å²) >= 11 is 1.29. The average molecular weight is 395 g/mol. The van der Waals surface area contributed by atoms with Gasteiger partial charge in [-0.2, -0.15) is 0 Å². The van der Waals surface area contributed by atoms with E-state index in [4.69, 9.17) is 4.42 Å². The standard InChI is InChI=1S/C21H22N4O2S/c1-16-6-5-7-17(14-16)20-22-23-21(27-20)28-15-19(26)25-12-10-24(11-13-25)18-8-3-2-4-9-18/h2-9,14H,10-13,15H2,1H3. The maximum Gasteiger partial charge on any atom is 0.277 e. The van der Waals surface area contributed by atoms with E-state index < -0.39 is 0 Å². The van der Waals surface area contributed by atoms with Crippen molar-refractivity contribution < 1.29 is 9.21 Å². The van der Waals surface area contributed by atoms with E-state index in [1.54, 1.807) is 0 Å². The lowest BCUT2D eigenvalue weighted by Crippen LogP contribution is -2.49. The van der Waals surface area contributed by atoms with Gasteiger partial charge in [-0.05, 0) is 31.2 Å². The predicted octanol–water partition coefficient (Wildman–Crippen LogP) is 3.49. The van der Waals surface area contributed by atoms with Crippen LogP contribution in [0.3, 0.4) is 0 Å². The molecule has 0 unspecified atom stereocenters. The predicted molar refractivity (Wildman–Crippen MR) is 110 cm³/mol. The molecule has 2 heterocycles. The molecule has 2 aromatic carbocycles. The van der Waals surface area contributed by atoms with Gasteiger partial charge in [-0.15, -0.1) is 10.2 Å². The number of amides is 1.